The Balaban J connectivity index is 1.27. The highest BCUT2D eigenvalue weighted by atomic mass is 16.5. The predicted molar refractivity (Wildman–Crippen MR) is 116 cm³/mol. The summed E-state index contributed by atoms with van der Waals surface area (Å²) in [4.78, 5) is 31.2. The lowest BCUT2D eigenvalue weighted by atomic mass is 9.95. The van der Waals surface area contributed by atoms with E-state index in [4.69, 9.17) is 4.74 Å². The van der Waals surface area contributed by atoms with E-state index in [2.05, 4.69) is 20.5 Å². The number of aryl methyl sites for hydroxylation is 1. The van der Waals surface area contributed by atoms with Crippen LogP contribution in [0, 0.1) is 12.8 Å². The third-order valence-electron chi connectivity index (χ3n) is 5.31. The van der Waals surface area contributed by atoms with E-state index in [1.54, 1.807) is 4.90 Å². The average molecular weight is 419 g/mol. The maximum absolute atomic E-state index is 12.7. The molecule has 1 aliphatic rings. The summed E-state index contributed by atoms with van der Waals surface area (Å²) in [7, 11) is 0. The number of carbonyl (C=O) groups excluding carboxylic acids is 2. The van der Waals surface area contributed by atoms with Crippen molar-refractivity contribution >= 4 is 17.5 Å². The summed E-state index contributed by atoms with van der Waals surface area (Å²) in [6.45, 7) is 2.94. The molecule has 2 amide bonds. The number of piperidine rings is 1. The maximum Gasteiger partial charge on any atom is 0.260 e. The normalized spacial score (nSPS) is 14.3. The molecule has 0 spiro atoms. The van der Waals surface area contributed by atoms with Gasteiger partial charge in [-0.15, -0.1) is 0 Å². The van der Waals surface area contributed by atoms with Crippen LogP contribution in [0.15, 0.2) is 54.6 Å². The summed E-state index contributed by atoms with van der Waals surface area (Å²) in [5, 5.41) is 9.97. The molecule has 4 rings (SSSR count). The molecule has 0 radical (unpaired) electrons. The summed E-state index contributed by atoms with van der Waals surface area (Å²) < 4.78 is 5.54. The summed E-state index contributed by atoms with van der Waals surface area (Å²) >= 11 is 0. The van der Waals surface area contributed by atoms with Gasteiger partial charge in [-0.2, -0.15) is 5.10 Å². The van der Waals surface area contributed by atoms with E-state index in [9.17, 15) is 9.59 Å². The Labute approximate surface area is 180 Å². The SMILES string of the molecule is Cc1nc(-c2cccc(NC(=O)C3CCN(C(=O)COc4ccccc4)CC3)c2)n[nH]1. The molecular formula is C23H25N5O3. The van der Waals surface area contributed by atoms with Gasteiger partial charge in [-0.3, -0.25) is 14.7 Å². The number of ether oxygens (including phenoxy) is 1. The number of carbonyl (C=O) groups is 2. The van der Waals surface area contributed by atoms with Crippen LogP contribution >= 0.6 is 0 Å². The van der Waals surface area contributed by atoms with Gasteiger partial charge in [0, 0.05) is 30.3 Å². The molecule has 8 nitrogen and oxygen atoms in total. The zero-order chi connectivity index (χ0) is 21.6. The number of likely N-dealkylation sites (tertiary alicyclic amines) is 1. The van der Waals surface area contributed by atoms with E-state index in [1.165, 1.54) is 0 Å². The molecule has 0 unspecified atom stereocenters. The number of benzene rings is 2. The van der Waals surface area contributed by atoms with Crippen molar-refractivity contribution in [3.8, 4) is 17.1 Å². The first-order chi connectivity index (χ1) is 15.1. The van der Waals surface area contributed by atoms with Crippen molar-refractivity contribution in [2.24, 2.45) is 5.92 Å². The number of aromatic amines is 1. The fourth-order valence-corrected chi connectivity index (χ4v) is 3.60. The van der Waals surface area contributed by atoms with Crippen molar-refractivity contribution in [1.82, 2.24) is 20.1 Å². The van der Waals surface area contributed by atoms with Gasteiger partial charge in [0.05, 0.1) is 0 Å². The zero-order valence-corrected chi connectivity index (χ0v) is 17.4. The first kappa shape index (κ1) is 20.6. The highest BCUT2D eigenvalue weighted by molar-refractivity contribution is 5.93. The molecule has 0 bridgehead atoms. The van der Waals surface area contributed by atoms with Crippen molar-refractivity contribution < 1.29 is 14.3 Å². The van der Waals surface area contributed by atoms with Gasteiger partial charge >= 0.3 is 0 Å². The Morgan fingerprint density at radius 1 is 1.13 bits per heavy atom. The topological polar surface area (TPSA) is 100 Å². The van der Waals surface area contributed by atoms with Crippen LogP contribution in [0.25, 0.3) is 11.4 Å². The number of hydrogen-bond acceptors (Lipinski definition) is 5. The molecule has 0 aliphatic carbocycles. The largest absolute Gasteiger partial charge is 0.484 e. The van der Waals surface area contributed by atoms with E-state index in [0.717, 1.165) is 11.4 Å². The van der Waals surface area contributed by atoms with Crippen molar-refractivity contribution in [3.05, 3.63) is 60.4 Å². The van der Waals surface area contributed by atoms with E-state index in [-0.39, 0.29) is 24.3 Å². The Morgan fingerprint density at radius 3 is 2.61 bits per heavy atom. The number of amides is 2. The minimum absolute atomic E-state index is 0.00830. The van der Waals surface area contributed by atoms with Crippen LogP contribution in [0.1, 0.15) is 18.7 Å². The lowest BCUT2D eigenvalue weighted by Gasteiger charge is -2.31. The molecule has 31 heavy (non-hydrogen) atoms. The smallest absolute Gasteiger partial charge is 0.260 e. The molecule has 0 atom stereocenters. The average Bonchev–Trinajstić information content (AvgIpc) is 3.25. The van der Waals surface area contributed by atoms with Crippen LogP contribution in [0.4, 0.5) is 5.69 Å². The Kier molecular flexibility index (Phi) is 6.26. The van der Waals surface area contributed by atoms with Crippen LogP contribution in [-0.2, 0) is 9.59 Å². The minimum Gasteiger partial charge on any atom is -0.484 e. The molecule has 2 N–H and O–H groups in total. The van der Waals surface area contributed by atoms with Gasteiger partial charge in [0.2, 0.25) is 5.91 Å². The molecule has 8 heteroatoms. The van der Waals surface area contributed by atoms with Crippen LogP contribution in [0.2, 0.25) is 0 Å². The van der Waals surface area contributed by atoms with Gasteiger partial charge in [-0.05, 0) is 44.0 Å². The third-order valence-corrected chi connectivity index (χ3v) is 5.31. The number of rotatable bonds is 6. The number of aromatic nitrogens is 3. The fraction of sp³-hybridized carbons (Fsp3) is 0.304. The molecule has 0 saturated carbocycles. The highest BCUT2D eigenvalue weighted by Crippen LogP contribution is 2.23. The number of nitrogens with one attached hydrogen (secondary N) is 2. The monoisotopic (exact) mass is 419 g/mol. The van der Waals surface area contributed by atoms with Gasteiger partial charge in [0.25, 0.3) is 5.91 Å². The lowest BCUT2D eigenvalue weighted by Crippen LogP contribution is -2.43. The molecule has 2 aromatic carbocycles. The minimum atomic E-state index is -0.131. The fourth-order valence-electron chi connectivity index (χ4n) is 3.60. The van der Waals surface area contributed by atoms with Crippen LogP contribution in [-0.4, -0.2) is 51.6 Å². The van der Waals surface area contributed by atoms with Crippen LogP contribution in [0.3, 0.4) is 0 Å². The van der Waals surface area contributed by atoms with E-state index < -0.39 is 0 Å². The number of para-hydroxylation sites is 1. The quantitative estimate of drug-likeness (QED) is 0.640. The Hall–Kier alpha value is -3.68. The summed E-state index contributed by atoms with van der Waals surface area (Å²) in [5.74, 6) is 1.78. The summed E-state index contributed by atoms with van der Waals surface area (Å²) in [5.41, 5.74) is 1.54. The van der Waals surface area contributed by atoms with Crippen molar-refractivity contribution in [2.75, 3.05) is 25.0 Å². The summed E-state index contributed by atoms with van der Waals surface area (Å²) in [6.07, 6.45) is 1.26. The highest BCUT2D eigenvalue weighted by Gasteiger charge is 2.27. The van der Waals surface area contributed by atoms with Gasteiger partial charge in [0.15, 0.2) is 12.4 Å². The van der Waals surface area contributed by atoms with Crippen molar-refractivity contribution in [2.45, 2.75) is 19.8 Å². The zero-order valence-electron chi connectivity index (χ0n) is 17.4. The van der Waals surface area contributed by atoms with Gasteiger partial charge in [-0.25, -0.2) is 4.98 Å². The number of nitrogens with zero attached hydrogens (tertiary/aromatic N) is 3. The second-order valence-electron chi connectivity index (χ2n) is 7.57. The summed E-state index contributed by atoms with van der Waals surface area (Å²) in [6, 6.07) is 16.8. The molecule has 3 aromatic rings. The second-order valence-corrected chi connectivity index (χ2v) is 7.57. The molecule has 2 heterocycles. The van der Waals surface area contributed by atoms with Gasteiger partial charge in [0.1, 0.15) is 11.6 Å². The van der Waals surface area contributed by atoms with Crippen molar-refractivity contribution in [1.29, 1.82) is 0 Å². The second kappa shape index (κ2) is 9.42. The number of H-pyrrole nitrogens is 1. The van der Waals surface area contributed by atoms with Crippen molar-refractivity contribution in [3.63, 3.8) is 0 Å². The first-order valence-corrected chi connectivity index (χ1v) is 10.3. The van der Waals surface area contributed by atoms with E-state index >= 15 is 0 Å². The molecule has 1 aromatic heterocycles. The van der Waals surface area contributed by atoms with E-state index in [1.807, 2.05) is 61.5 Å². The Bertz CT molecular complexity index is 1040. The third kappa shape index (κ3) is 5.28. The maximum atomic E-state index is 12.7. The molecule has 160 valence electrons. The lowest BCUT2D eigenvalue weighted by molar-refractivity contribution is -0.136. The van der Waals surface area contributed by atoms with Crippen LogP contribution < -0.4 is 10.1 Å². The number of hydrogen-bond donors (Lipinski definition) is 2. The first-order valence-electron chi connectivity index (χ1n) is 10.3. The van der Waals surface area contributed by atoms with Gasteiger partial charge in [-0.1, -0.05) is 30.3 Å². The molecule has 1 fully saturated rings. The molecular weight excluding hydrogens is 394 g/mol. The van der Waals surface area contributed by atoms with Crippen LogP contribution in [0.5, 0.6) is 5.75 Å². The van der Waals surface area contributed by atoms with E-state index in [0.29, 0.717) is 43.2 Å². The standard InChI is InChI=1S/C23H25N5O3/c1-16-24-22(27-26-16)18-6-5-7-19(14-18)25-23(30)17-10-12-28(13-11-17)21(29)15-31-20-8-3-2-4-9-20/h2-9,14,17H,10-13,15H2,1H3,(H,25,30)(H,24,26,27). The number of anilines is 1. The predicted octanol–water partition coefficient (Wildman–Crippen LogP) is 3.04. The molecule has 1 saturated heterocycles. The molecule has 1 aliphatic heterocycles. The Morgan fingerprint density at radius 2 is 1.90 bits per heavy atom. The van der Waals surface area contributed by atoms with Gasteiger partial charge < -0.3 is 15.0 Å².